The van der Waals surface area contributed by atoms with E-state index in [1.165, 1.54) is 5.56 Å². The molecule has 0 unspecified atom stereocenters. The van der Waals surface area contributed by atoms with Crippen LogP contribution in [0.4, 0.5) is 10.5 Å². The molecular formula is C26H28N2O3. The number of nitrogens with zero attached hydrogens (tertiary/aromatic N) is 1. The predicted octanol–water partition coefficient (Wildman–Crippen LogP) is 5.45. The molecule has 1 aliphatic heterocycles. The number of nitrogens with one attached hydrogen (secondary N) is 1. The van der Waals surface area contributed by atoms with Crippen LogP contribution in [-0.4, -0.2) is 24.1 Å². The lowest BCUT2D eigenvalue weighted by atomic mass is 10.1. The molecule has 5 heteroatoms. The van der Waals surface area contributed by atoms with E-state index in [1.54, 1.807) is 4.90 Å². The van der Waals surface area contributed by atoms with E-state index < -0.39 is 0 Å². The first-order valence-electron chi connectivity index (χ1n) is 10.6. The maximum absolute atomic E-state index is 12.8. The zero-order chi connectivity index (χ0) is 21.6. The van der Waals surface area contributed by atoms with E-state index in [2.05, 4.69) is 42.6 Å². The minimum absolute atomic E-state index is 0.124. The molecule has 0 saturated heterocycles. The first-order chi connectivity index (χ1) is 15.1. The van der Waals surface area contributed by atoms with E-state index >= 15 is 0 Å². The third-order valence-corrected chi connectivity index (χ3v) is 5.35. The van der Waals surface area contributed by atoms with Gasteiger partial charge in [-0.1, -0.05) is 53.6 Å². The first kappa shape index (κ1) is 20.9. The van der Waals surface area contributed by atoms with E-state index in [1.807, 2.05) is 43.3 Å². The van der Waals surface area contributed by atoms with E-state index in [0.29, 0.717) is 32.9 Å². The minimum atomic E-state index is -0.124. The molecule has 31 heavy (non-hydrogen) atoms. The van der Waals surface area contributed by atoms with Gasteiger partial charge in [-0.05, 0) is 49.2 Å². The zero-order valence-corrected chi connectivity index (χ0v) is 18.1. The SMILES string of the molecule is Cc1ccc(COCc2ccc3c(c2)CN(C(=O)Nc2ccc(C)cc2)CCO3)cc1. The highest BCUT2D eigenvalue weighted by atomic mass is 16.5. The molecule has 4 rings (SSSR count). The fourth-order valence-electron chi connectivity index (χ4n) is 3.52. The summed E-state index contributed by atoms with van der Waals surface area (Å²) >= 11 is 0. The molecule has 1 aliphatic rings. The number of aryl methyl sites for hydroxylation is 2. The van der Waals surface area contributed by atoms with Crippen molar-refractivity contribution in [3.8, 4) is 5.75 Å². The van der Waals surface area contributed by atoms with Gasteiger partial charge in [-0.25, -0.2) is 4.79 Å². The smallest absolute Gasteiger partial charge is 0.322 e. The number of carbonyl (C=O) groups excluding carboxylic acids is 1. The molecule has 0 radical (unpaired) electrons. The van der Waals surface area contributed by atoms with Gasteiger partial charge in [0.15, 0.2) is 0 Å². The van der Waals surface area contributed by atoms with Crippen molar-refractivity contribution in [2.24, 2.45) is 0 Å². The van der Waals surface area contributed by atoms with Crippen molar-refractivity contribution in [3.63, 3.8) is 0 Å². The van der Waals surface area contributed by atoms with Gasteiger partial charge in [0, 0.05) is 11.3 Å². The summed E-state index contributed by atoms with van der Waals surface area (Å²) in [5.74, 6) is 0.827. The summed E-state index contributed by atoms with van der Waals surface area (Å²) in [6, 6.07) is 22.1. The molecule has 0 aromatic heterocycles. The topological polar surface area (TPSA) is 50.8 Å². The fourth-order valence-corrected chi connectivity index (χ4v) is 3.52. The molecule has 0 spiro atoms. The van der Waals surface area contributed by atoms with Gasteiger partial charge in [-0.2, -0.15) is 0 Å². The Bertz CT molecular complexity index is 1030. The molecule has 3 aromatic rings. The summed E-state index contributed by atoms with van der Waals surface area (Å²) in [5, 5.41) is 2.98. The Morgan fingerprint density at radius 1 is 0.935 bits per heavy atom. The highest BCUT2D eigenvalue weighted by Crippen LogP contribution is 2.25. The Labute approximate surface area is 183 Å². The summed E-state index contributed by atoms with van der Waals surface area (Å²) < 4.78 is 11.8. The van der Waals surface area contributed by atoms with Crippen molar-refractivity contribution in [2.75, 3.05) is 18.5 Å². The van der Waals surface area contributed by atoms with Gasteiger partial charge in [-0.15, -0.1) is 0 Å². The molecule has 5 nitrogen and oxygen atoms in total. The zero-order valence-electron chi connectivity index (χ0n) is 18.1. The van der Waals surface area contributed by atoms with Crippen LogP contribution in [0.3, 0.4) is 0 Å². The fraction of sp³-hybridized carbons (Fsp3) is 0.269. The van der Waals surface area contributed by atoms with E-state index in [0.717, 1.165) is 33.7 Å². The standard InChI is InChI=1S/C26H28N2O3/c1-19-3-7-21(8-4-19)17-30-18-22-9-12-25-23(15-22)16-28(13-14-31-25)26(29)27-24-10-5-20(2)6-11-24/h3-12,15H,13-14,16-18H2,1-2H3,(H,27,29). The van der Waals surface area contributed by atoms with Crippen molar-refractivity contribution in [1.82, 2.24) is 4.90 Å². The number of hydrogen-bond acceptors (Lipinski definition) is 3. The van der Waals surface area contributed by atoms with Gasteiger partial charge in [0.05, 0.1) is 26.3 Å². The van der Waals surface area contributed by atoms with Crippen molar-refractivity contribution < 1.29 is 14.3 Å². The van der Waals surface area contributed by atoms with Crippen LogP contribution in [0, 0.1) is 13.8 Å². The molecule has 1 heterocycles. The predicted molar refractivity (Wildman–Crippen MR) is 122 cm³/mol. The van der Waals surface area contributed by atoms with Gasteiger partial charge in [0.1, 0.15) is 12.4 Å². The van der Waals surface area contributed by atoms with Crippen LogP contribution in [-0.2, 0) is 24.5 Å². The van der Waals surface area contributed by atoms with E-state index in [9.17, 15) is 4.79 Å². The molecule has 160 valence electrons. The molecular weight excluding hydrogens is 388 g/mol. The molecule has 0 saturated carbocycles. The molecule has 0 bridgehead atoms. The lowest BCUT2D eigenvalue weighted by Gasteiger charge is -2.20. The Balaban J connectivity index is 1.38. The molecule has 0 aliphatic carbocycles. The monoisotopic (exact) mass is 416 g/mol. The number of carbonyl (C=O) groups is 1. The number of hydrogen-bond donors (Lipinski definition) is 1. The number of rotatable bonds is 5. The van der Waals surface area contributed by atoms with Crippen LogP contribution >= 0.6 is 0 Å². The van der Waals surface area contributed by atoms with Gasteiger partial charge < -0.3 is 19.7 Å². The summed E-state index contributed by atoms with van der Waals surface area (Å²) in [4.78, 5) is 14.6. The van der Waals surface area contributed by atoms with Crippen molar-refractivity contribution in [3.05, 3.63) is 94.5 Å². The third kappa shape index (κ3) is 5.64. The average molecular weight is 417 g/mol. The largest absolute Gasteiger partial charge is 0.491 e. The first-order valence-corrected chi connectivity index (χ1v) is 10.6. The molecule has 2 amide bonds. The lowest BCUT2D eigenvalue weighted by molar-refractivity contribution is 0.107. The van der Waals surface area contributed by atoms with Gasteiger partial charge in [0.2, 0.25) is 0 Å². The maximum Gasteiger partial charge on any atom is 0.322 e. The normalized spacial score (nSPS) is 13.2. The number of amides is 2. The summed E-state index contributed by atoms with van der Waals surface area (Å²) in [5.41, 5.74) is 6.41. The molecule has 1 N–H and O–H groups in total. The van der Waals surface area contributed by atoms with Crippen LogP contribution in [0.5, 0.6) is 5.75 Å². The average Bonchev–Trinajstić information content (AvgIpc) is 2.99. The van der Waals surface area contributed by atoms with Crippen LogP contribution in [0.2, 0.25) is 0 Å². The Hall–Kier alpha value is -3.31. The molecule has 3 aromatic carbocycles. The Morgan fingerprint density at radius 3 is 2.32 bits per heavy atom. The number of fused-ring (bicyclic) bond motifs is 1. The second kappa shape index (κ2) is 9.67. The van der Waals surface area contributed by atoms with E-state index in [-0.39, 0.29) is 6.03 Å². The lowest BCUT2D eigenvalue weighted by Crippen LogP contribution is -2.36. The second-order valence-electron chi connectivity index (χ2n) is 7.99. The number of urea groups is 1. The van der Waals surface area contributed by atoms with Crippen LogP contribution in [0.15, 0.2) is 66.7 Å². The van der Waals surface area contributed by atoms with Crippen molar-refractivity contribution in [2.45, 2.75) is 33.6 Å². The quantitative estimate of drug-likeness (QED) is 0.602. The van der Waals surface area contributed by atoms with Gasteiger partial charge in [-0.3, -0.25) is 0 Å². The van der Waals surface area contributed by atoms with Gasteiger partial charge >= 0.3 is 6.03 Å². The number of benzene rings is 3. The second-order valence-corrected chi connectivity index (χ2v) is 7.99. The minimum Gasteiger partial charge on any atom is -0.491 e. The van der Waals surface area contributed by atoms with Crippen LogP contribution in [0.1, 0.15) is 27.8 Å². The maximum atomic E-state index is 12.8. The van der Waals surface area contributed by atoms with Crippen LogP contribution in [0.25, 0.3) is 0 Å². The summed E-state index contributed by atoms with van der Waals surface area (Å²) in [7, 11) is 0. The van der Waals surface area contributed by atoms with Gasteiger partial charge in [0.25, 0.3) is 0 Å². The third-order valence-electron chi connectivity index (χ3n) is 5.35. The van der Waals surface area contributed by atoms with Crippen molar-refractivity contribution in [1.29, 1.82) is 0 Å². The summed E-state index contributed by atoms with van der Waals surface area (Å²) in [6.45, 7) is 6.68. The highest BCUT2D eigenvalue weighted by Gasteiger charge is 2.20. The molecule has 0 atom stereocenters. The van der Waals surface area contributed by atoms with Crippen LogP contribution < -0.4 is 10.1 Å². The summed E-state index contributed by atoms with van der Waals surface area (Å²) in [6.07, 6.45) is 0. The Kier molecular flexibility index (Phi) is 6.53. The van der Waals surface area contributed by atoms with Crippen molar-refractivity contribution >= 4 is 11.7 Å². The number of anilines is 1. The molecule has 0 fully saturated rings. The van der Waals surface area contributed by atoms with E-state index in [4.69, 9.17) is 9.47 Å². The number of ether oxygens (including phenoxy) is 2. The highest BCUT2D eigenvalue weighted by molar-refractivity contribution is 5.89. The Morgan fingerprint density at radius 2 is 1.58 bits per heavy atom.